The van der Waals surface area contributed by atoms with Crippen molar-refractivity contribution in [1.82, 2.24) is 25.5 Å². The molecule has 0 fully saturated rings. The maximum Gasteiger partial charge on any atom is 0.251 e. The first-order valence-corrected chi connectivity index (χ1v) is 10.1. The Labute approximate surface area is 173 Å². The molecule has 3 rings (SSSR count). The molecule has 0 aliphatic heterocycles. The summed E-state index contributed by atoms with van der Waals surface area (Å²) >= 11 is 1.24. The Bertz CT molecular complexity index is 1030. The summed E-state index contributed by atoms with van der Waals surface area (Å²) in [6.07, 6.45) is 0. The normalized spacial score (nSPS) is 10.6. The zero-order chi connectivity index (χ0) is 20.8. The molecule has 0 bridgehead atoms. The van der Waals surface area contributed by atoms with Crippen molar-refractivity contribution in [3.63, 3.8) is 0 Å². The van der Waals surface area contributed by atoms with Gasteiger partial charge in [0, 0.05) is 17.8 Å². The number of aryl methyl sites for hydroxylation is 2. The van der Waals surface area contributed by atoms with Crippen LogP contribution in [-0.4, -0.2) is 44.3 Å². The lowest BCUT2D eigenvalue weighted by Gasteiger charge is -2.08. The van der Waals surface area contributed by atoms with Crippen LogP contribution in [0.5, 0.6) is 0 Å². The highest BCUT2D eigenvalue weighted by Crippen LogP contribution is 2.20. The molecule has 0 atom stereocenters. The highest BCUT2D eigenvalue weighted by molar-refractivity contribution is 7.99. The number of amides is 2. The SMILES string of the molecule is CCNC(=O)c1cccc(NC(=O)CSc2nnnn2-c2ccc(C)c(C)c2)c1. The third-order valence-corrected chi connectivity index (χ3v) is 5.17. The van der Waals surface area contributed by atoms with E-state index in [2.05, 4.69) is 26.2 Å². The van der Waals surface area contributed by atoms with Gasteiger partial charge in [-0.1, -0.05) is 23.9 Å². The Morgan fingerprint density at radius 2 is 1.93 bits per heavy atom. The Kier molecular flexibility index (Phi) is 6.61. The molecular weight excluding hydrogens is 388 g/mol. The van der Waals surface area contributed by atoms with Gasteiger partial charge in [0.2, 0.25) is 11.1 Å². The van der Waals surface area contributed by atoms with Crippen LogP contribution in [0.1, 0.15) is 28.4 Å². The summed E-state index contributed by atoms with van der Waals surface area (Å²) in [6, 6.07) is 12.8. The lowest BCUT2D eigenvalue weighted by atomic mass is 10.1. The van der Waals surface area contributed by atoms with Crippen molar-refractivity contribution in [2.24, 2.45) is 0 Å². The van der Waals surface area contributed by atoms with E-state index in [0.29, 0.717) is 23.0 Å². The molecule has 0 spiro atoms. The molecule has 0 aliphatic carbocycles. The molecular formula is C20H22N6O2S. The van der Waals surface area contributed by atoms with Crippen molar-refractivity contribution in [2.45, 2.75) is 25.9 Å². The first-order valence-electron chi connectivity index (χ1n) is 9.15. The van der Waals surface area contributed by atoms with E-state index in [1.54, 1.807) is 28.9 Å². The van der Waals surface area contributed by atoms with Crippen LogP contribution in [0, 0.1) is 13.8 Å². The first kappa shape index (κ1) is 20.5. The number of carbonyl (C=O) groups excluding carboxylic acids is 2. The molecule has 0 radical (unpaired) electrons. The van der Waals surface area contributed by atoms with Gasteiger partial charge in [0.05, 0.1) is 11.4 Å². The quantitative estimate of drug-likeness (QED) is 0.581. The number of carbonyl (C=O) groups is 2. The van der Waals surface area contributed by atoms with Gasteiger partial charge < -0.3 is 10.6 Å². The summed E-state index contributed by atoms with van der Waals surface area (Å²) in [5.41, 5.74) is 4.23. The maximum absolute atomic E-state index is 12.4. The van der Waals surface area contributed by atoms with E-state index in [-0.39, 0.29) is 17.6 Å². The monoisotopic (exact) mass is 410 g/mol. The molecule has 2 N–H and O–H groups in total. The molecule has 2 amide bonds. The molecule has 0 unspecified atom stereocenters. The minimum absolute atomic E-state index is 0.136. The average Bonchev–Trinajstić information content (AvgIpc) is 3.17. The van der Waals surface area contributed by atoms with E-state index in [1.807, 2.05) is 39.0 Å². The fraction of sp³-hybridized carbons (Fsp3) is 0.250. The van der Waals surface area contributed by atoms with Crippen LogP contribution >= 0.6 is 11.8 Å². The van der Waals surface area contributed by atoms with Crippen LogP contribution < -0.4 is 10.6 Å². The number of rotatable bonds is 7. The number of thioether (sulfide) groups is 1. The summed E-state index contributed by atoms with van der Waals surface area (Å²) in [5, 5.41) is 17.8. The number of hydrogen-bond acceptors (Lipinski definition) is 6. The van der Waals surface area contributed by atoms with Crippen LogP contribution in [0.25, 0.3) is 5.69 Å². The topological polar surface area (TPSA) is 102 Å². The molecule has 150 valence electrons. The Hall–Kier alpha value is -3.20. The van der Waals surface area contributed by atoms with Gasteiger partial charge in [0.1, 0.15) is 0 Å². The van der Waals surface area contributed by atoms with Crippen molar-refractivity contribution < 1.29 is 9.59 Å². The van der Waals surface area contributed by atoms with Crippen LogP contribution in [0.2, 0.25) is 0 Å². The molecule has 8 nitrogen and oxygen atoms in total. The predicted octanol–water partition coefficient (Wildman–Crippen LogP) is 2.76. The molecule has 0 saturated heterocycles. The van der Waals surface area contributed by atoms with Crippen molar-refractivity contribution in [3.05, 3.63) is 59.2 Å². The molecule has 0 aliphatic rings. The Morgan fingerprint density at radius 3 is 2.69 bits per heavy atom. The van der Waals surface area contributed by atoms with Crippen molar-refractivity contribution in [1.29, 1.82) is 0 Å². The van der Waals surface area contributed by atoms with Crippen molar-refractivity contribution >= 4 is 29.3 Å². The summed E-state index contributed by atoms with van der Waals surface area (Å²) in [6.45, 7) is 6.46. The Balaban J connectivity index is 1.64. The van der Waals surface area contributed by atoms with Crippen LogP contribution in [0.15, 0.2) is 47.6 Å². The van der Waals surface area contributed by atoms with Crippen LogP contribution in [0.3, 0.4) is 0 Å². The van der Waals surface area contributed by atoms with E-state index < -0.39 is 0 Å². The van der Waals surface area contributed by atoms with Gasteiger partial charge in [-0.05, 0) is 72.7 Å². The van der Waals surface area contributed by atoms with Crippen LogP contribution in [-0.2, 0) is 4.79 Å². The number of benzene rings is 2. The number of aromatic nitrogens is 4. The largest absolute Gasteiger partial charge is 0.352 e. The van der Waals surface area contributed by atoms with Gasteiger partial charge in [-0.25, -0.2) is 0 Å². The van der Waals surface area contributed by atoms with E-state index in [0.717, 1.165) is 11.3 Å². The molecule has 3 aromatic rings. The summed E-state index contributed by atoms with van der Waals surface area (Å²) in [4.78, 5) is 24.3. The zero-order valence-electron chi connectivity index (χ0n) is 16.5. The number of tetrazole rings is 1. The smallest absolute Gasteiger partial charge is 0.251 e. The predicted molar refractivity (Wildman–Crippen MR) is 112 cm³/mol. The second-order valence-electron chi connectivity index (χ2n) is 6.42. The van der Waals surface area contributed by atoms with Crippen molar-refractivity contribution in [3.8, 4) is 5.69 Å². The number of nitrogens with one attached hydrogen (secondary N) is 2. The standard InChI is InChI=1S/C20H22N6O2S/c1-4-21-19(28)15-6-5-7-16(11-15)22-18(27)12-29-20-23-24-25-26(20)17-9-8-13(2)14(3)10-17/h5-11H,4,12H2,1-3H3,(H,21,28)(H,22,27). The second kappa shape index (κ2) is 9.33. The minimum Gasteiger partial charge on any atom is -0.352 e. The third kappa shape index (κ3) is 5.20. The summed E-state index contributed by atoms with van der Waals surface area (Å²) < 4.78 is 1.61. The number of hydrogen-bond donors (Lipinski definition) is 2. The van der Waals surface area contributed by atoms with Gasteiger partial charge in [-0.15, -0.1) is 5.10 Å². The average molecular weight is 411 g/mol. The number of nitrogens with zero attached hydrogens (tertiary/aromatic N) is 4. The number of anilines is 1. The van der Waals surface area contributed by atoms with E-state index in [4.69, 9.17) is 0 Å². The highest BCUT2D eigenvalue weighted by Gasteiger charge is 2.13. The van der Waals surface area contributed by atoms with Gasteiger partial charge >= 0.3 is 0 Å². The fourth-order valence-electron chi connectivity index (χ4n) is 2.62. The van der Waals surface area contributed by atoms with E-state index in [1.165, 1.54) is 17.3 Å². The molecule has 9 heteroatoms. The van der Waals surface area contributed by atoms with Gasteiger partial charge in [-0.2, -0.15) is 4.68 Å². The first-order chi connectivity index (χ1) is 14.0. The molecule has 29 heavy (non-hydrogen) atoms. The van der Waals surface area contributed by atoms with Gasteiger partial charge in [0.25, 0.3) is 5.91 Å². The molecule has 1 aromatic heterocycles. The third-order valence-electron chi connectivity index (χ3n) is 4.25. The summed E-state index contributed by atoms with van der Waals surface area (Å²) in [5.74, 6) is -0.250. The van der Waals surface area contributed by atoms with E-state index >= 15 is 0 Å². The fourth-order valence-corrected chi connectivity index (χ4v) is 3.31. The lowest BCUT2D eigenvalue weighted by molar-refractivity contribution is -0.113. The van der Waals surface area contributed by atoms with Gasteiger partial charge in [-0.3, -0.25) is 9.59 Å². The lowest BCUT2D eigenvalue weighted by Crippen LogP contribution is -2.23. The Morgan fingerprint density at radius 1 is 1.10 bits per heavy atom. The molecule has 1 heterocycles. The van der Waals surface area contributed by atoms with E-state index in [9.17, 15) is 9.59 Å². The van der Waals surface area contributed by atoms with Gasteiger partial charge in [0.15, 0.2) is 0 Å². The maximum atomic E-state index is 12.4. The van der Waals surface area contributed by atoms with Crippen molar-refractivity contribution in [2.75, 3.05) is 17.6 Å². The van der Waals surface area contributed by atoms with Crippen LogP contribution in [0.4, 0.5) is 5.69 Å². The summed E-state index contributed by atoms with van der Waals surface area (Å²) in [7, 11) is 0. The molecule has 0 saturated carbocycles. The zero-order valence-corrected chi connectivity index (χ0v) is 17.3. The second-order valence-corrected chi connectivity index (χ2v) is 7.36. The minimum atomic E-state index is -0.210. The molecule has 2 aromatic carbocycles. The highest BCUT2D eigenvalue weighted by atomic mass is 32.2.